The number of carbonyl (C=O) groups excluding carboxylic acids is 1. The van der Waals surface area contributed by atoms with Crippen LogP contribution < -0.4 is 10.1 Å². The van der Waals surface area contributed by atoms with Crippen molar-refractivity contribution < 1.29 is 9.53 Å². The van der Waals surface area contributed by atoms with Gasteiger partial charge in [0, 0.05) is 6.07 Å². The number of carbonyl (C=O) groups is 1. The molecule has 1 heterocycles. The van der Waals surface area contributed by atoms with Gasteiger partial charge in [-0.15, -0.1) is 0 Å². The van der Waals surface area contributed by atoms with Gasteiger partial charge in [-0.05, 0) is 43.3 Å². The molecular formula is C18H16ClN3O2. The summed E-state index contributed by atoms with van der Waals surface area (Å²) in [5.74, 6) is 1.04. The Morgan fingerprint density at radius 2 is 1.88 bits per heavy atom. The van der Waals surface area contributed by atoms with Gasteiger partial charge in [-0.2, -0.15) is 5.10 Å². The van der Waals surface area contributed by atoms with E-state index in [2.05, 4.69) is 10.4 Å². The van der Waals surface area contributed by atoms with Gasteiger partial charge >= 0.3 is 0 Å². The largest absolute Gasteiger partial charge is 0.497 e. The van der Waals surface area contributed by atoms with Gasteiger partial charge in [0.15, 0.2) is 0 Å². The van der Waals surface area contributed by atoms with E-state index in [0.29, 0.717) is 16.4 Å². The zero-order valence-electron chi connectivity index (χ0n) is 13.3. The van der Waals surface area contributed by atoms with Crippen LogP contribution in [0.15, 0.2) is 54.6 Å². The van der Waals surface area contributed by atoms with Crippen molar-refractivity contribution in [1.82, 2.24) is 9.78 Å². The van der Waals surface area contributed by atoms with Crippen molar-refractivity contribution in [1.29, 1.82) is 0 Å². The number of hydrogen-bond donors (Lipinski definition) is 1. The quantitative estimate of drug-likeness (QED) is 0.777. The molecule has 0 fully saturated rings. The summed E-state index contributed by atoms with van der Waals surface area (Å²) in [4.78, 5) is 12.5. The van der Waals surface area contributed by atoms with Crippen LogP contribution in [0, 0.1) is 6.92 Å². The fraction of sp³-hybridized carbons (Fsp3) is 0.111. The third kappa shape index (κ3) is 3.26. The second kappa shape index (κ2) is 6.76. The molecule has 1 aromatic heterocycles. The molecule has 0 saturated heterocycles. The van der Waals surface area contributed by atoms with Crippen LogP contribution in [0.5, 0.6) is 5.75 Å². The molecule has 24 heavy (non-hydrogen) atoms. The summed E-state index contributed by atoms with van der Waals surface area (Å²) < 4.78 is 6.83. The van der Waals surface area contributed by atoms with Crippen molar-refractivity contribution in [3.8, 4) is 11.4 Å². The lowest BCUT2D eigenvalue weighted by Gasteiger charge is -2.10. The number of nitrogens with one attached hydrogen (secondary N) is 1. The van der Waals surface area contributed by atoms with Crippen molar-refractivity contribution >= 4 is 23.3 Å². The number of amides is 1. The lowest BCUT2D eigenvalue weighted by molar-refractivity contribution is 0.102. The van der Waals surface area contributed by atoms with Gasteiger partial charge in [-0.1, -0.05) is 23.7 Å². The maximum absolute atomic E-state index is 12.5. The first-order chi connectivity index (χ1) is 11.6. The average Bonchev–Trinajstić information content (AvgIpc) is 2.95. The van der Waals surface area contributed by atoms with Gasteiger partial charge in [-0.3, -0.25) is 4.79 Å². The predicted octanol–water partition coefficient (Wildman–Crippen LogP) is 4.10. The third-order valence-corrected chi connectivity index (χ3v) is 3.84. The van der Waals surface area contributed by atoms with Crippen molar-refractivity contribution in [2.24, 2.45) is 0 Å². The highest BCUT2D eigenvalue weighted by Gasteiger charge is 2.14. The number of halogens is 1. The second-order valence-electron chi connectivity index (χ2n) is 5.21. The van der Waals surface area contributed by atoms with E-state index in [1.54, 1.807) is 42.1 Å². The summed E-state index contributed by atoms with van der Waals surface area (Å²) in [6.07, 6.45) is 0. The van der Waals surface area contributed by atoms with Gasteiger partial charge in [0.1, 0.15) is 11.6 Å². The topological polar surface area (TPSA) is 56.1 Å². The summed E-state index contributed by atoms with van der Waals surface area (Å²) in [6, 6.07) is 16.1. The molecule has 0 aliphatic carbocycles. The molecule has 0 aliphatic rings. The Morgan fingerprint density at radius 3 is 2.54 bits per heavy atom. The lowest BCUT2D eigenvalue weighted by Crippen LogP contribution is -2.15. The van der Waals surface area contributed by atoms with Gasteiger partial charge in [0.25, 0.3) is 5.91 Å². The molecule has 0 atom stereocenters. The molecule has 0 saturated carbocycles. The highest BCUT2D eigenvalue weighted by Crippen LogP contribution is 2.22. The fourth-order valence-electron chi connectivity index (χ4n) is 2.34. The van der Waals surface area contributed by atoms with Gasteiger partial charge in [0.05, 0.1) is 29.1 Å². The number of hydrogen-bond acceptors (Lipinski definition) is 3. The van der Waals surface area contributed by atoms with Crippen LogP contribution >= 0.6 is 11.6 Å². The number of aryl methyl sites for hydroxylation is 1. The first kappa shape index (κ1) is 16.1. The van der Waals surface area contributed by atoms with E-state index in [-0.39, 0.29) is 5.91 Å². The number of aromatic nitrogens is 2. The predicted molar refractivity (Wildman–Crippen MR) is 94.3 cm³/mol. The van der Waals surface area contributed by atoms with Crippen LogP contribution in [-0.4, -0.2) is 22.8 Å². The normalized spacial score (nSPS) is 10.5. The average molecular weight is 342 g/mol. The molecular weight excluding hydrogens is 326 g/mol. The first-order valence-corrected chi connectivity index (χ1v) is 7.73. The van der Waals surface area contributed by atoms with E-state index in [4.69, 9.17) is 16.3 Å². The molecule has 0 aliphatic heterocycles. The lowest BCUT2D eigenvalue weighted by atomic mass is 10.2. The summed E-state index contributed by atoms with van der Waals surface area (Å²) in [6.45, 7) is 1.87. The Kier molecular flexibility index (Phi) is 4.53. The SMILES string of the molecule is COc1ccc(-n2nc(C)cc2NC(=O)c2ccccc2Cl)cc1. The highest BCUT2D eigenvalue weighted by molar-refractivity contribution is 6.34. The Bertz CT molecular complexity index is 872. The minimum Gasteiger partial charge on any atom is -0.497 e. The smallest absolute Gasteiger partial charge is 0.258 e. The van der Waals surface area contributed by atoms with E-state index < -0.39 is 0 Å². The molecule has 0 radical (unpaired) electrons. The summed E-state index contributed by atoms with van der Waals surface area (Å²) >= 11 is 6.08. The van der Waals surface area contributed by atoms with Crippen molar-refractivity contribution in [2.75, 3.05) is 12.4 Å². The zero-order chi connectivity index (χ0) is 17.1. The Hall–Kier alpha value is -2.79. The summed E-state index contributed by atoms with van der Waals surface area (Å²) in [5, 5.41) is 7.70. The molecule has 5 nitrogen and oxygen atoms in total. The van der Waals surface area contributed by atoms with E-state index in [9.17, 15) is 4.79 Å². The third-order valence-electron chi connectivity index (χ3n) is 3.51. The highest BCUT2D eigenvalue weighted by atomic mass is 35.5. The van der Waals surface area contributed by atoms with Crippen molar-refractivity contribution in [2.45, 2.75) is 6.92 Å². The maximum atomic E-state index is 12.5. The first-order valence-electron chi connectivity index (χ1n) is 7.35. The number of rotatable bonds is 4. The molecule has 0 spiro atoms. The molecule has 1 amide bonds. The van der Waals surface area contributed by atoms with Crippen LogP contribution in [0.4, 0.5) is 5.82 Å². The van der Waals surface area contributed by atoms with Crippen LogP contribution in [0.1, 0.15) is 16.1 Å². The minimum atomic E-state index is -0.282. The molecule has 1 N–H and O–H groups in total. The molecule has 3 aromatic rings. The van der Waals surface area contributed by atoms with E-state index in [0.717, 1.165) is 17.1 Å². The molecule has 2 aromatic carbocycles. The summed E-state index contributed by atoms with van der Waals surface area (Å²) in [5.41, 5.74) is 2.03. The van der Waals surface area contributed by atoms with Gasteiger partial charge < -0.3 is 10.1 Å². The molecule has 0 bridgehead atoms. The fourth-order valence-corrected chi connectivity index (χ4v) is 2.56. The van der Waals surface area contributed by atoms with E-state index in [1.165, 1.54) is 0 Å². The standard InChI is InChI=1S/C18H16ClN3O2/c1-12-11-17(20-18(23)15-5-3-4-6-16(15)19)22(21-12)13-7-9-14(24-2)10-8-13/h3-11H,1-2H3,(H,20,23). The van der Waals surface area contributed by atoms with Crippen LogP contribution in [0.3, 0.4) is 0 Å². The van der Waals surface area contributed by atoms with Crippen LogP contribution in [-0.2, 0) is 0 Å². The van der Waals surface area contributed by atoms with E-state index in [1.807, 2.05) is 31.2 Å². The van der Waals surface area contributed by atoms with Crippen molar-refractivity contribution in [3.63, 3.8) is 0 Å². The minimum absolute atomic E-state index is 0.282. The molecule has 0 unspecified atom stereocenters. The Balaban J connectivity index is 1.91. The van der Waals surface area contributed by atoms with Crippen LogP contribution in [0.25, 0.3) is 5.69 Å². The molecule has 122 valence electrons. The number of ether oxygens (including phenoxy) is 1. The number of anilines is 1. The van der Waals surface area contributed by atoms with Crippen LogP contribution in [0.2, 0.25) is 5.02 Å². The molecule has 6 heteroatoms. The number of methoxy groups -OCH3 is 1. The maximum Gasteiger partial charge on any atom is 0.258 e. The Morgan fingerprint density at radius 1 is 1.17 bits per heavy atom. The number of benzene rings is 2. The van der Waals surface area contributed by atoms with Gasteiger partial charge in [-0.25, -0.2) is 4.68 Å². The van der Waals surface area contributed by atoms with Crippen molar-refractivity contribution in [3.05, 3.63) is 70.9 Å². The molecule has 3 rings (SSSR count). The van der Waals surface area contributed by atoms with E-state index >= 15 is 0 Å². The number of nitrogens with zero attached hydrogens (tertiary/aromatic N) is 2. The summed E-state index contributed by atoms with van der Waals surface area (Å²) in [7, 11) is 1.61. The van der Waals surface area contributed by atoms with Gasteiger partial charge in [0.2, 0.25) is 0 Å². The monoisotopic (exact) mass is 341 g/mol. The second-order valence-corrected chi connectivity index (χ2v) is 5.62. The zero-order valence-corrected chi connectivity index (χ0v) is 14.0. The Labute approximate surface area is 144 Å².